The van der Waals surface area contributed by atoms with Gasteiger partial charge in [0.25, 0.3) is 0 Å². The van der Waals surface area contributed by atoms with Crippen molar-refractivity contribution in [2.45, 2.75) is 19.3 Å². The van der Waals surface area contributed by atoms with E-state index in [-0.39, 0.29) is 5.41 Å². The van der Waals surface area contributed by atoms with Crippen molar-refractivity contribution in [3.63, 3.8) is 0 Å². The summed E-state index contributed by atoms with van der Waals surface area (Å²) in [5.74, 6) is 0.639. The van der Waals surface area contributed by atoms with Crippen LogP contribution in [0.15, 0.2) is 144 Å². The van der Waals surface area contributed by atoms with Gasteiger partial charge in [0.05, 0.1) is 22.4 Å². The average molecular weight is 592 g/mol. The second-order valence-corrected chi connectivity index (χ2v) is 12.5. The van der Waals surface area contributed by atoms with Crippen LogP contribution in [0.5, 0.6) is 0 Å². The minimum Gasteiger partial charge on any atom is -0.436 e. The fourth-order valence-corrected chi connectivity index (χ4v) is 6.86. The number of para-hydroxylation sites is 4. The van der Waals surface area contributed by atoms with Gasteiger partial charge in [-0.05, 0) is 81.9 Å². The number of rotatable bonds is 4. The van der Waals surface area contributed by atoms with Gasteiger partial charge in [-0.3, -0.25) is 0 Å². The molecule has 0 aliphatic heterocycles. The van der Waals surface area contributed by atoms with Gasteiger partial charge < -0.3 is 4.42 Å². The quantitative estimate of drug-likeness (QED) is 0.204. The van der Waals surface area contributed by atoms with Crippen molar-refractivity contribution < 1.29 is 4.42 Å². The van der Waals surface area contributed by atoms with Crippen molar-refractivity contribution in [1.82, 2.24) is 15.0 Å². The molecule has 0 bridgehead atoms. The summed E-state index contributed by atoms with van der Waals surface area (Å²) in [6.45, 7) is 4.65. The molecule has 2 heterocycles. The van der Waals surface area contributed by atoms with Crippen molar-refractivity contribution >= 4 is 22.1 Å². The van der Waals surface area contributed by atoms with Crippen LogP contribution in [-0.4, -0.2) is 15.0 Å². The Labute approximate surface area is 267 Å². The standard InChI is InChI=1S/C42H29N3O/c1-42(2)33-24-29(26-16-18-28(19-17-26)41-45-37-14-8-9-15-38(37)46-41)20-22-31(33)32-23-21-30(25-34(32)42)40-39(27-10-4-3-5-11-27)43-35-12-6-7-13-36(35)44-40/h3-25H,1-2H3. The van der Waals surface area contributed by atoms with E-state index in [4.69, 9.17) is 14.4 Å². The van der Waals surface area contributed by atoms with E-state index in [1.165, 1.54) is 27.8 Å². The van der Waals surface area contributed by atoms with Gasteiger partial charge in [0, 0.05) is 22.1 Å². The Kier molecular flexibility index (Phi) is 5.81. The molecule has 0 spiro atoms. The highest BCUT2D eigenvalue weighted by atomic mass is 16.3. The van der Waals surface area contributed by atoms with Crippen molar-refractivity contribution in [2.24, 2.45) is 0 Å². The second-order valence-electron chi connectivity index (χ2n) is 12.5. The van der Waals surface area contributed by atoms with Crippen molar-refractivity contribution in [1.29, 1.82) is 0 Å². The molecule has 0 radical (unpaired) electrons. The molecule has 9 rings (SSSR count). The highest BCUT2D eigenvalue weighted by Gasteiger charge is 2.36. The number of oxazole rings is 1. The number of benzene rings is 6. The summed E-state index contributed by atoms with van der Waals surface area (Å²) < 4.78 is 6.00. The molecule has 1 aliphatic rings. The lowest BCUT2D eigenvalue weighted by molar-refractivity contribution is 0.620. The zero-order valence-corrected chi connectivity index (χ0v) is 25.5. The SMILES string of the molecule is CC1(C)c2cc(-c3ccc(-c4nc5ccccc5o4)cc3)ccc2-c2ccc(-c3nc4ccccc4nc3-c3ccccc3)cc21. The molecule has 6 aromatic carbocycles. The fourth-order valence-electron chi connectivity index (χ4n) is 6.86. The molecule has 2 aromatic heterocycles. The normalized spacial score (nSPS) is 13.2. The van der Waals surface area contributed by atoms with E-state index in [1.807, 2.05) is 54.6 Å². The van der Waals surface area contributed by atoms with E-state index in [9.17, 15) is 0 Å². The molecule has 8 aromatic rings. The summed E-state index contributed by atoms with van der Waals surface area (Å²) in [5.41, 5.74) is 15.7. The maximum atomic E-state index is 6.00. The molecule has 218 valence electrons. The molecule has 4 heteroatoms. The number of fused-ring (bicyclic) bond motifs is 5. The van der Waals surface area contributed by atoms with Gasteiger partial charge in [-0.25, -0.2) is 15.0 Å². The molecule has 0 amide bonds. The third-order valence-electron chi connectivity index (χ3n) is 9.33. The Balaban J connectivity index is 1.10. The first-order valence-electron chi connectivity index (χ1n) is 15.6. The lowest BCUT2D eigenvalue weighted by Gasteiger charge is -2.23. The Morgan fingerprint density at radius 3 is 1.63 bits per heavy atom. The first-order valence-corrected chi connectivity index (χ1v) is 15.6. The van der Waals surface area contributed by atoms with Crippen LogP contribution in [0.25, 0.3) is 78.4 Å². The van der Waals surface area contributed by atoms with Crippen molar-refractivity contribution in [3.8, 4) is 56.2 Å². The summed E-state index contributed by atoms with van der Waals surface area (Å²) in [5, 5.41) is 0. The molecule has 4 nitrogen and oxygen atoms in total. The van der Waals surface area contributed by atoms with Crippen LogP contribution in [0.2, 0.25) is 0 Å². The van der Waals surface area contributed by atoms with E-state index >= 15 is 0 Å². The van der Waals surface area contributed by atoms with E-state index in [2.05, 4.69) is 104 Å². The minimum atomic E-state index is -0.188. The van der Waals surface area contributed by atoms with Gasteiger partial charge in [-0.2, -0.15) is 0 Å². The van der Waals surface area contributed by atoms with Crippen molar-refractivity contribution in [2.75, 3.05) is 0 Å². The van der Waals surface area contributed by atoms with Crippen LogP contribution in [0.3, 0.4) is 0 Å². The Morgan fingerprint density at radius 2 is 0.957 bits per heavy atom. The van der Waals surface area contributed by atoms with Gasteiger partial charge in [0.1, 0.15) is 5.52 Å². The third-order valence-corrected chi connectivity index (χ3v) is 9.33. The van der Waals surface area contributed by atoms with Gasteiger partial charge in [-0.1, -0.05) is 105 Å². The van der Waals surface area contributed by atoms with Crippen LogP contribution in [0, 0.1) is 0 Å². The highest BCUT2D eigenvalue weighted by molar-refractivity contribution is 5.90. The Bertz CT molecular complexity index is 2410. The first kappa shape index (κ1) is 26.5. The Hall–Kier alpha value is -5.87. The summed E-state index contributed by atoms with van der Waals surface area (Å²) in [6.07, 6.45) is 0. The average Bonchev–Trinajstić information content (AvgIpc) is 3.64. The molecular weight excluding hydrogens is 562 g/mol. The molecule has 0 saturated heterocycles. The summed E-state index contributed by atoms with van der Waals surface area (Å²) in [6, 6.07) is 48.5. The topological polar surface area (TPSA) is 51.8 Å². The largest absolute Gasteiger partial charge is 0.436 e. The molecule has 0 N–H and O–H groups in total. The fraction of sp³-hybridized carbons (Fsp3) is 0.0714. The van der Waals surface area contributed by atoms with Crippen LogP contribution < -0.4 is 0 Å². The maximum Gasteiger partial charge on any atom is 0.227 e. The van der Waals surface area contributed by atoms with Gasteiger partial charge >= 0.3 is 0 Å². The minimum absolute atomic E-state index is 0.188. The predicted molar refractivity (Wildman–Crippen MR) is 186 cm³/mol. The molecule has 0 fully saturated rings. The van der Waals surface area contributed by atoms with E-state index in [0.717, 1.165) is 55.8 Å². The highest BCUT2D eigenvalue weighted by Crippen LogP contribution is 2.51. The lowest BCUT2D eigenvalue weighted by atomic mass is 9.81. The lowest BCUT2D eigenvalue weighted by Crippen LogP contribution is -2.15. The summed E-state index contributed by atoms with van der Waals surface area (Å²) in [7, 11) is 0. The van der Waals surface area contributed by atoms with E-state index in [0.29, 0.717) is 5.89 Å². The zero-order chi connectivity index (χ0) is 30.8. The van der Waals surface area contributed by atoms with Crippen LogP contribution in [-0.2, 0) is 5.41 Å². The molecule has 46 heavy (non-hydrogen) atoms. The summed E-state index contributed by atoms with van der Waals surface area (Å²) in [4.78, 5) is 14.9. The zero-order valence-electron chi connectivity index (χ0n) is 25.5. The smallest absolute Gasteiger partial charge is 0.227 e. The number of nitrogens with zero attached hydrogens (tertiary/aromatic N) is 3. The number of aromatic nitrogens is 3. The monoisotopic (exact) mass is 591 g/mol. The van der Waals surface area contributed by atoms with Crippen LogP contribution in [0.4, 0.5) is 0 Å². The van der Waals surface area contributed by atoms with E-state index < -0.39 is 0 Å². The molecule has 0 unspecified atom stereocenters. The molecule has 0 atom stereocenters. The second kappa shape index (κ2) is 10.1. The van der Waals surface area contributed by atoms with Gasteiger partial charge in [0.15, 0.2) is 5.58 Å². The first-order chi connectivity index (χ1) is 22.5. The number of hydrogen-bond donors (Lipinski definition) is 0. The van der Waals surface area contributed by atoms with E-state index in [1.54, 1.807) is 0 Å². The maximum absolute atomic E-state index is 6.00. The van der Waals surface area contributed by atoms with Crippen LogP contribution in [0.1, 0.15) is 25.0 Å². The summed E-state index contributed by atoms with van der Waals surface area (Å²) >= 11 is 0. The molecule has 1 aliphatic carbocycles. The predicted octanol–water partition coefficient (Wildman–Crippen LogP) is 10.7. The molecular formula is C42H29N3O. The van der Waals surface area contributed by atoms with Crippen LogP contribution >= 0.6 is 0 Å². The third kappa shape index (κ3) is 4.18. The van der Waals surface area contributed by atoms with Gasteiger partial charge in [0.2, 0.25) is 5.89 Å². The molecule has 0 saturated carbocycles. The van der Waals surface area contributed by atoms with Gasteiger partial charge in [-0.15, -0.1) is 0 Å². The van der Waals surface area contributed by atoms with Crippen molar-refractivity contribution in [3.05, 3.63) is 151 Å². The Morgan fingerprint density at radius 1 is 0.435 bits per heavy atom. The number of hydrogen-bond acceptors (Lipinski definition) is 4.